The molecule has 29 heavy (non-hydrogen) atoms. The van der Waals surface area contributed by atoms with Crippen LogP contribution in [0.4, 0.5) is 0 Å². The number of hydrogen-bond donors (Lipinski definition) is 1. The van der Waals surface area contributed by atoms with Crippen molar-refractivity contribution in [1.82, 2.24) is 5.32 Å². The topological polar surface area (TPSA) is 30.5 Å². The van der Waals surface area contributed by atoms with Gasteiger partial charge in [0, 0.05) is 32.7 Å². The van der Waals surface area contributed by atoms with Crippen molar-refractivity contribution >= 4 is 39.1 Å². The van der Waals surface area contributed by atoms with Crippen molar-refractivity contribution in [2.24, 2.45) is 0 Å². The molecule has 0 bridgehead atoms. The Morgan fingerprint density at radius 2 is 1.66 bits per heavy atom. The van der Waals surface area contributed by atoms with Gasteiger partial charge in [-0.2, -0.15) is 0 Å². The summed E-state index contributed by atoms with van der Waals surface area (Å²) in [6.07, 6.45) is 7.88. The normalized spacial score (nSPS) is 15.2. The molecule has 0 amide bonds. The van der Waals surface area contributed by atoms with Gasteiger partial charge in [-0.25, -0.2) is 0 Å². The first-order valence-electron chi connectivity index (χ1n) is 10.3. The summed E-state index contributed by atoms with van der Waals surface area (Å²) in [6.45, 7) is 3.63. The van der Waals surface area contributed by atoms with Crippen molar-refractivity contribution in [2.45, 2.75) is 64.6 Å². The molecule has 0 aliphatic heterocycles. The van der Waals surface area contributed by atoms with Gasteiger partial charge in [-0.05, 0) is 49.6 Å². The smallest absolute Gasteiger partial charge is 0.162 e. The molecule has 0 radical (unpaired) electrons. The van der Waals surface area contributed by atoms with Gasteiger partial charge in [0.15, 0.2) is 11.5 Å². The minimum atomic E-state index is 0.282. The van der Waals surface area contributed by atoms with Crippen molar-refractivity contribution < 1.29 is 9.47 Å². The molecular formula is C23H28BrCl2NO2. The number of halogens is 3. The first-order valence-corrected chi connectivity index (χ1v) is 11.9. The van der Waals surface area contributed by atoms with Crippen LogP contribution >= 0.6 is 39.1 Å². The van der Waals surface area contributed by atoms with Crippen LogP contribution in [0.2, 0.25) is 10.0 Å². The minimum absolute atomic E-state index is 0.282. The summed E-state index contributed by atoms with van der Waals surface area (Å²) in [4.78, 5) is 0. The molecule has 0 atom stereocenters. The molecule has 1 saturated carbocycles. The number of nitrogens with one attached hydrogen (secondary N) is 1. The standard InChI is InChI=1S/C23H28BrCl2NO2/c1-2-28-22-12-16(14-27-17-8-5-3-4-6-9-17)19(24)13-23(22)29-15-18-20(25)10-7-11-21(18)26/h7,10-13,17,27H,2-6,8-9,14-15H2,1H3. The van der Waals surface area contributed by atoms with E-state index in [1.165, 1.54) is 44.1 Å². The Kier molecular flexibility index (Phi) is 8.98. The number of ether oxygens (including phenoxy) is 2. The van der Waals surface area contributed by atoms with E-state index < -0.39 is 0 Å². The molecule has 3 rings (SSSR count). The van der Waals surface area contributed by atoms with Crippen LogP contribution in [-0.2, 0) is 13.2 Å². The van der Waals surface area contributed by atoms with Gasteiger partial charge in [-0.15, -0.1) is 0 Å². The van der Waals surface area contributed by atoms with E-state index in [1.807, 2.05) is 31.2 Å². The number of benzene rings is 2. The molecule has 1 N–H and O–H groups in total. The van der Waals surface area contributed by atoms with Gasteiger partial charge in [-0.3, -0.25) is 0 Å². The zero-order chi connectivity index (χ0) is 20.6. The van der Waals surface area contributed by atoms with Crippen LogP contribution in [0.5, 0.6) is 11.5 Å². The second-order valence-corrected chi connectivity index (χ2v) is 9.05. The first-order chi connectivity index (χ1) is 14.1. The Bertz CT molecular complexity index is 787. The van der Waals surface area contributed by atoms with Crippen LogP contribution in [0.1, 0.15) is 56.6 Å². The summed E-state index contributed by atoms with van der Waals surface area (Å²) in [7, 11) is 0. The molecule has 0 spiro atoms. The van der Waals surface area contributed by atoms with E-state index in [0.29, 0.717) is 28.4 Å². The van der Waals surface area contributed by atoms with Gasteiger partial charge in [-0.1, -0.05) is 70.9 Å². The summed E-state index contributed by atoms with van der Waals surface area (Å²) in [5.41, 5.74) is 1.94. The van der Waals surface area contributed by atoms with Crippen molar-refractivity contribution in [3.8, 4) is 11.5 Å². The van der Waals surface area contributed by atoms with Gasteiger partial charge in [0.25, 0.3) is 0 Å². The van der Waals surface area contributed by atoms with Crippen molar-refractivity contribution in [2.75, 3.05) is 6.61 Å². The predicted octanol–water partition coefficient (Wildman–Crippen LogP) is 7.55. The van der Waals surface area contributed by atoms with Crippen molar-refractivity contribution in [3.63, 3.8) is 0 Å². The van der Waals surface area contributed by atoms with Crippen molar-refractivity contribution in [3.05, 3.63) is 56.0 Å². The molecule has 0 saturated heterocycles. The molecule has 158 valence electrons. The lowest BCUT2D eigenvalue weighted by atomic mass is 10.1. The van der Waals surface area contributed by atoms with Crippen LogP contribution in [0, 0.1) is 0 Å². The molecule has 1 aliphatic rings. The Hall–Kier alpha value is -0.940. The quantitative estimate of drug-likeness (QED) is 0.379. The lowest BCUT2D eigenvalue weighted by molar-refractivity contribution is 0.269. The van der Waals surface area contributed by atoms with Crippen LogP contribution in [-0.4, -0.2) is 12.6 Å². The summed E-state index contributed by atoms with van der Waals surface area (Å²) >= 11 is 16.2. The molecular weight excluding hydrogens is 473 g/mol. The molecule has 1 fully saturated rings. The van der Waals surface area contributed by atoms with E-state index in [1.54, 1.807) is 0 Å². The third-order valence-corrected chi connectivity index (χ3v) is 6.73. The summed E-state index contributed by atoms with van der Waals surface area (Å²) in [5, 5.41) is 4.91. The van der Waals surface area contributed by atoms with Crippen LogP contribution in [0.3, 0.4) is 0 Å². The average Bonchev–Trinajstić information content (AvgIpc) is 2.97. The summed E-state index contributed by atoms with van der Waals surface area (Å²) in [6, 6.07) is 10.1. The first kappa shape index (κ1) is 22.7. The Balaban J connectivity index is 1.71. The number of rotatable bonds is 8. The minimum Gasteiger partial charge on any atom is -0.490 e. The van der Waals surface area contributed by atoms with Gasteiger partial charge in [0.1, 0.15) is 6.61 Å². The van der Waals surface area contributed by atoms with E-state index in [4.69, 9.17) is 32.7 Å². The maximum Gasteiger partial charge on any atom is 0.162 e. The second-order valence-electron chi connectivity index (χ2n) is 7.38. The fourth-order valence-electron chi connectivity index (χ4n) is 3.65. The predicted molar refractivity (Wildman–Crippen MR) is 124 cm³/mol. The summed E-state index contributed by atoms with van der Waals surface area (Å²) < 4.78 is 12.9. The highest BCUT2D eigenvalue weighted by Gasteiger charge is 2.16. The molecule has 0 aromatic heterocycles. The molecule has 2 aromatic carbocycles. The number of hydrogen-bond acceptors (Lipinski definition) is 3. The lowest BCUT2D eigenvalue weighted by Crippen LogP contribution is -2.28. The largest absolute Gasteiger partial charge is 0.490 e. The fraction of sp³-hybridized carbons (Fsp3) is 0.478. The van der Waals surface area contributed by atoms with Gasteiger partial charge in [0.05, 0.1) is 6.61 Å². The highest BCUT2D eigenvalue weighted by molar-refractivity contribution is 9.10. The highest BCUT2D eigenvalue weighted by atomic mass is 79.9. The Labute approximate surface area is 192 Å². The molecule has 2 aromatic rings. The van der Waals surface area contributed by atoms with E-state index in [9.17, 15) is 0 Å². The molecule has 3 nitrogen and oxygen atoms in total. The molecule has 1 aliphatic carbocycles. The van der Waals surface area contributed by atoms with Crippen LogP contribution in [0.15, 0.2) is 34.8 Å². The zero-order valence-electron chi connectivity index (χ0n) is 16.8. The maximum absolute atomic E-state index is 6.27. The van der Waals surface area contributed by atoms with Gasteiger partial charge >= 0.3 is 0 Å². The van der Waals surface area contributed by atoms with E-state index >= 15 is 0 Å². The maximum atomic E-state index is 6.27. The van der Waals surface area contributed by atoms with Crippen molar-refractivity contribution in [1.29, 1.82) is 0 Å². The molecule has 0 heterocycles. The third kappa shape index (κ3) is 6.52. The molecule has 0 unspecified atom stereocenters. The van der Waals surface area contributed by atoms with E-state index in [0.717, 1.165) is 22.3 Å². The van der Waals surface area contributed by atoms with E-state index in [2.05, 4.69) is 27.3 Å². The van der Waals surface area contributed by atoms with Crippen LogP contribution < -0.4 is 14.8 Å². The Morgan fingerprint density at radius 1 is 1.00 bits per heavy atom. The Morgan fingerprint density at radius 3 is 2.31 bits per heavy atom. The highest BCUT2D eigenvalue weighted by Crippen LogP contribution is 2.36. The summed E-state index contributed by atoms with van der Waals surface area (Å²) in [5.74, 6) is 1.41. The fourth-order valence-corrected chi connectivity index (χ4v) is 4.62. The monoisotopic (exact) mass is 499 g/mol. The third-order valence-electron chi connectivity index (χ3n) is 5.28. The average molecular weight is 501 g/mol. The lowest BCUT2D eigenvalue weighted by Gasteiger charge is -2.19. The zero-order valence-corrected chi connectivity index (χ0v) is 19.9. The SMILES string of the molecule is CCOc1cc(CNC2CCCCCC2)c(Br)cc1OCc1c(Cl)cccc1Cl. The molecule has 6 heteroatoms. The van der Waals surface area contributed by atoms with Crippen LogP contribution in [0.25, 0.3) is 0 Å². The van der Waals surface area contributed by atoms with Gasteiger partial charge < -0.3 is 14.8 Å². The van der Waals surface area contributed by atoms with Gasteiger partial charge in [0.2, 0.25) is 0 Å². The van der Waals surface area contributed by atoms with E-state index in [-0.39, 0.29) is 6.61 Å². The second kappa shape index (κ2) is 11.5.